The van der Waals surface area contributed by atoms with Crippen molar-refractivity contribution in [1.82, 2.24) is 19.7 Å². The van der Waals surface area contributed by atoms with Crippen LogP contribution in [-0.4, -0.2) is 73.0 Å². The summed E-state index contributed by atoms with van der Waals surface area (Å²) in [7, 11) is -7.74. The van der Waals surface area contributed by atoms with Crippen molar-refractivity contribution in [2.75, 3.05) is 11.9 Å². The Kier molecular flexibility index (Phi) is 8.04. The molecule has 2 aromatic heterocycles. The minimum Gasteiger partial charge on any atom is -0.364 e. The largest absolute Gasteiger partial charge is 0.364 e. The normalized spacial score (nSPS) is 23.4. The molecule has 14 nitrogen and oxygen atoms in total. The van der Waals surface area contributed by atoms with Crippen molar-refractivity contribution in [3.63, 3.8) is 0 Å². The number of carbonyl (C=O) groups is 1. The second kappa shape index (κ2) is 11.3. The first-order valence-corrected chi connectivity index (χ1v) is 15.9. The molecule has 5 rings (SSSR count). The molecular formula is C26H30N6O8S2. The summed E-state index contributed by atoms with van der Waals surface area (Å²) in [5.74, 6) is -1.46. The number of carbonyl (C=O) groups excluding carboxylic acids is 1. The van der Waals surface area contributed by atoms with E-state index in [4.69, 9.17) is 18.8 Å². The third-order valence-corrected chi connectivity index (χ3v) is 8.79. The van der Waals surface area contributed by atoms with Crippen molar-refractivity contribution in [3.8, 4) is 0 Å². The summed E-state index contributed by atoms with van der Waals surface area (Å²) in [6.07, 6.45) is 3.73. The van der Waals surface area contributed by atoms with Crippen LogP contribution >= 0.6 is 0 Å². The van der Waals surface area contributed by atoms with Gasteiger partial charge in [-0.25, -0.2) is 23.5 Å². The van der Waals surface area contributed by atoms with Gasteiger partial charge in [0.15, 0.2) is 15.6 Å². The van der Waals surface area contributed by atoms with Crippen molar-refractivity contribution >= 4 is 31.7 Å². The minimum atomic E-state index is -4.14. The summed E-state index contributed by atoms with van der Waals surface area (Å²) in [6.45, 7) is 6.90. The second-order valence-electron chi connectivity index (χ2n) is 10.5. The van der Waals surface area contributed by atoms with E-state index in [1.165, 1.54) is 29.3 Å². The van der Waals surface area contributed by atoms with E-state index in [9.17, 15) is 21.6 Å². The van der Waals surface area contributed by atoms with Crippen LogP contribution < -0.4 is 10.5 Å². The van der Waals surface area contributed by atoms with Crippen LogP contribution in [0.1, 0.15) is 41.9 Å². The molecule has 2 fully saturated rings. The summed E-state index contributed by atoms with van der Waals surface area (Å²) in [5, 5.41) is 13.5. The Hall–Kier alpha value is -3.54. The highest BCUT2D eigenvalue weighted by Gasteiger charge is 2.54. The van der Waals surface area contributed by atoms with Crippen LogP contribution in [0.25, 0.3) is 0 Å². The molecule has 0 spiro atoms. The molecule has 1 aliphatic carbocycles. The summed E-state index contributed by atoms with van der Waals surface area (Å²) < 4.78 is 65.5. The van der Waals surface area contributed by atoms with Crippen LogP contribution in [0, 0.1) is 5.92 Å². The summed E-state index contributed by atoms with van der Waals surface area (Å²) in [4.78, 5) is 21.9. The zero-order valence-electron chi connectivity index (χ0n) is 22.8. The van der Waals surface area contributed by atoms with Gasteiger partial charge in [-0.05, 0) is 44.0 Å². The monoisotopic (exact) mass is 618 g/mol. The summed E-state index contributed by atoms with van der Waals surface area (Å²) >= 11 is 0. The van der Waals surface area contributed by atoms with Crippen molar-refractivity contribution in [1.29, 1.82) is 0 Å². The summed E-state index contributed by atoms with van der Waals surface area (Å²) in [6, 6.07) is 7.54. The molecule has 0 radical (unpaired) electrons. The molecular weight excluding hydrogens is 588 g/mol. The minimum absolute atomic E-state index is 0.114. The molecule has 1 aliphatic heterocycles. The number of benzene rings is 1. The SMILES string of the molecule is C=CS(=O)(=O)c1cccc(Cn2ccc(C(=O)c3cncnc3N[C@@H]3C[C@H](COS(N)(=O)=O)[C@H]4OC(C)(C)O[C@H]43)n2)c1. The van der Waals surface area contributed by atoms with Crippen molar-refractivity contribution < 1.29 is 35.3 Å². The predicted octanol–water partition coefficient (Wildman–Crippen LogP) is 1.41. The quantitative estimate of drug-likeness (QED) is 0.294. The number of rotatable bonds is 11. The maximum atomic E-state index is 13.5. The van der Waals surface area contributed by atoms with Crippen molar-refractivity contribution in [3.05, 3.63) is 77.9 Å². The van der Waals surface area contributed by atoms with Crippen LogP contribution in [0.5, 0.6) is 0 Å². The summed E-state index contributed by atoms with van der Waals surface area (Å²) in [5.41, 5.74) is 0.970. The molecule has 1 saturated heterocycles. The van der Waals surface area contributed by atoms with E-state index in [1.54, 1.807) is 38.2 Å². The molecule has 1 aromatic carbocycles. The fraction of sp³-hybridized carbons (Fsp3) is 0.385. The topological polar surface area (TPSA) is 195 Å². The van der Waals surface area contributed by atoms with E-state index in [-0.39, 0.29) is 41.0 Å². The van der Waals surface area contributed by atoms with E-state index in [1.807, 2.05) is 0 Å². The number of nitrogens with two attached hydrogens (primary N) is 1. The Balaban J connectivity index is 1.33. The van der Waals surface area contributed by atoms with Gasteiger partial charge < -0.3 is 14.8 Å². The van der Waals surface area contributed by atoms with Gasteiger partial charge in [-0.3, -0.25) is 13.7 Å². The number of anilines is 1. The third kappa shape index (κ3) is 6.58. The molecule has 3 heterocycles. The zero-order valence-corrected chi connectivity index (χ0v) is 24.4. The molecule has 1 saturated carbocycles. The standard InChI is InChI=1S/C26H30N6O8S2/c1-4-41(34,35)18-7-5-6-16(10-18)13-32-9-8-20(31-32)22(33)19-12-28-15-29-25(19)30-21-11-17(14-38-42(27,36)37)23-24(21)40-26(2,3)39-23/h4-10,12,15,17,21,23-24H,1,11,13-14H2,2-3H3,(H2,27,36,37)(H,28,29,30)/t17-,21-,23-,24+/m1/s1. The van der Waals surface area contributed by atoms with Crippen molar-refractivity contribution in [2.45, 2.75) is 55.7 Å². The first-order chi connectivity index (χ1) is 19.7. The molecule has 224 valence electrons. The number of hydrogen-bond donors (Lipinski definition) is 2. The molecule has 3 aromatic rings. The van der Waals surface area contributed by atoms with Gasteiger partial charge in [0.2, 0.25) is 5.78 Å². The smallest absolute Gasteiger partial charge is 0.333 e. The number of nitrogens with one attached hydrogen (secondary N) is 1. The van der Waals surface area contributed by atoms with Gasteiger partial charge >= 0.3 is 10.3 Å². The van der Waals surface area contributed by atoms with Crippen molar-refractivity contribution in [2.24, 2.45) is 11.1 Å². The Labute approximate surface area is 243 Å². The van der Waals surface area contributed by atoms with Crippen LogP contribution in [0.15, 0.2) is 65.9 Å². The predicted molar refractivity (Wildman–Crippen MR) is 149 cm³/mol. The fourth-order valence-corrected chi connectivity index (χ4v) is 6.31. The van der Waals surface area contributed by atoms with Gasteiger partial charge in [0.1, 0.15) is 23.9 Å². The zero-order chi connectivity index (χ0) is 30.3. The lowest BCUT2D eigenvalue weighted by atomic mass is 10.1. The van der Waals surface area contributed by atoms with Gasteiger partial charge in [-0.15, -0.1) is 0 Å². The maximum absolute atomic E-state index is 13.5. The molecule has 0 bridgehead atoms. The number of hydrogen-bond acceptors (Lipinski definition) is 12. The van der Waals surface area contributed by atoms with Crippen LogP contribution in [-0.2, 0) is 40.3 Å². The highest BCUT2D eigenvalue weighted by Crippen LogP contribution is 2.43. The Morgan fingerprint density at radius 2 is 2.00 bits per heavy atom. The number of aromatic nitrogens is 4. The number of ether oxygens (including phenoxy) is 2. The first kappa shape index (κ1) is 29.9. The highest BCUT2D eigenvalue weighted by molar-refractivity contribution is 7.94. The van der Waals surface area contributed by atoms with E-state index in [0.717, 1.165) is 5.41 Å². The first-order valence-electron chi connectivity index (χ1n) is 12.9. The molecule has 0 amide bonds. The molecule has 0 unspecified atom stereocenters. The van der Waals surface area contributed by atoms with Gasteiger partial charge in [0.05, 0.1) is 35.8 Å². The van der Waals surface area contributed by atoms with Crippen LogP contribution in [0.4, 0.5) is 5.82 Å². The van der Waals surface area contributed by atoms with Gasteiger partial charge in [-0.2, -0.15) is 13.5 Å². The molecule has 42 heavy (non-hydrogen) atoms. The molecule has 4 atom stereocenters. The average Bonchev–Trinajstić information content (AvgIpc) is 3.61. The lowest BCUT2D eigenvalue weighted by Gasteiger charge is -2.24. The molecule has 16 heteroatoms. The van der Waals surface area contributed by atoms with Gasteiger partial charge in [0.25, 0.3) is 0 Å². The molecule has 3 N–H and O–H groups in total. The highest BCUT2D eigenvalue weighted by atomic mass is 32.2. The average molecular weight is 619 g/mol. The Morgan fingerprint density at radius 3 is 2.74 bits per heavy atom. The van der Waals surface area contributed by atoms with Gasteiger partial charge in [-0.1, -0.05) is 18.7 Å². The number of ketones is 1. The fourth-order valence-electron chi connectivity index (χ4n) is 5.17. The third-order valence-electron chi connectivity index (χ3n) is 6.97. The Morgan fingerprint density at radius 1 is 1.24 bits per heavy atom. The number of sulfone groups is 1. The lowest BCUT2D eigenvalue weighted by molar-refractivity contribution is -0.158. The Bertz CT molecular complexity index is 1720. The molecule has 2 aliphatic rings. The van der Waals surface area contributed by atoms with E-state index in [2.05, 4.69) is 27.0 Å². The number of fused-ring (bicyclic) bond motifs is 1. The van der Waals surface area contributed by atoms with E-state index in [0.29, 0.717) is 12.0 Å². The van der Waals surface area contributed by atoms with Crippen LogP contribution in [0.3, 0.4) is 0 Å². The van der Waals surface area contributed by atoms with E-state index < -0.39 is 50.0 Å². The lowest BCUT2D eigenvalue weighted by Crippen LogP contribution is -2.35. The van der Waals surface area contributed by atoms with Gasteiger partial charge in [0, 0.05) is 23.7 Å². The second-order valence-corrected chi connectivity index (χ2v) is 13.6. The number of nitrogens with zero attached hydrogens (tertiary/aromatic N) is 4. The van der Waals surface area contributed by atoms with E-state index >= 15 is 0 Å². The maximum Gasteiger partial charge on any atom is 0.333 e. The van der Waals surface area contributed by atoms with Crippen LogP contribution in [0.2, 0.25) is 0 Å².